The van der Waals surface area contributed by atoms with Crippen LogP contribution >= 0.6 is 0 Å². The van der Waals surface area contributed by atoms with Crippen LogP contribution in [0.3, 0.4) is 0 Å². The zero-order valence-corrected chi connectivity index (χ0v) is 21.6. The molecule has 1 amide bonds. The van der Waals surface area contributed by atoms with Gasteiger partial charge in [-0.05, 0) is 78.7 Å². The summed E-state index contributed by atoms with van der Waals surface area (Å²) in [5, 5.41) is 8.81. The van der Waals surface area contributed by atoms with Gasteiger partial charge in [0.05, 0.1) is 6.04 Å². The van der Waals surface area contributed by atoms with Gasteiger partial charge in [-0.25, -0.2) is 0 Å². The highest BCUT2D eigenvalue weighted by atomic mass is 16.1. The van der Waals surface area contributed by atoms with Gasteiger partial charge in [0.15, 0.2) is 0 Å². The summed E-state index contributed by atoms with van der Waals surface area (Å²) in [6.07, 6.45) is 5.59. The molecular weight excluding hydrogens is 416 g/mol. The first-order chi connectivity index (χ1) is 16.3. The third kappa shape index (κ3) is 6.36. The van der Waals surface area contributed by atoms with Gasteiger partial charge in [-0.2, -0.15) is 0 Å². The molecule has 1 aliphatic heterocycles. The molecule has 0 radical (unpaired) electrons. The van der Waals surface area contributed by atoms with Gasteiger partial charge in [-0.3, -0.25) is 4.79 Å². The first-order valence-corrected chi connectivity index (χ1v) is 12.6. The Bertz CT molecular complexity index is 1130. The van der Waals surface area contributed by atoms with E-state index in [-0.39, 0.29) is 11.9 Å². The monoisotopic (exact) mass is 456 g/mol. The van der Waals surface area contributed by atoms with Crippen LogP contribution in [0.2, 0.25) is 0 Å². The first kappa shape index (κ1) is 25.7. The fourth-order valence-electron chi connectivity index (χ4n) is 4.25. The Hall–Kier alpha value is -2.91. The van der Waals surface area contributed by atoms with Crippen LogP contribution in [0, 0.1) is 25.7 Å². The van der Waals surface area contributed by atoms with E-state index in [1.165, 1.54) is 30.3 Å². The van der Waals surface area contributed by atoms with Crippen molar-refractivity contribution in [3.8, 4) is 0 Å². The lowest BCUT2D eigenvalue weighted by atomic mass is 9.94. The fraction of sp³-hybridized carbons (Fsp3) is 0.387. The van der Waals surface area contributed by atoms with Crippen molar-refractivity contribution >= 4 is 22.8 Å². The summed E-state index contributed by atoms with van der Waals surface area (Å²) in [6, 6.07) is 18.6. The number of rotatable bonds is 6. The van der Waals surface area contributed by atoms with Crippen molar-refractivity contribution in [3.05, 3.63) is 88.5 Å². The molecule has 1 unspecified atom stereocenters. The molecule has 3 aromatic carbocycles. The second kappa shape index (κ2) is 12.0. The maximum Gasteiger partial charge on any atom is 0.252 e. The number of nitrogens with one attached hydrogen (secondary N) is 2. The standard InChI is InChI=1S/C26H29NO.C5H11N/c1-17(2)13-16-22-18(3)14-15-19(4)25(22)26(28)27-20(5)23-12-8-10-21-9-6-7-11-24(21)23;1-2-5-3-6-4-5/h6-17,20H,1-5H3,(H,27,28);5-6H,2-4H2,1H3/b16-13-;. The Morgan fingerprint density at radius 1 is 1.00 bits per heavy atom. The maximum absolute atomic E-state index is 13.3. The molecule has 1 fully saturated rings. The van der Waals surface area contributed by atoms with E-state index in [4.69, 9.17) is 0 Å². The highest BCUT2D eigenvalue weighted by Gasteiger charge is 2.18. The van der Waals surface area contributed by atoms with Gasteiger partial charge in [0.1, 0.15) is 0 Å². The number of allylic oxidation sites excluding steroid dienone is 1. The molecule has 3 nitrogen and oxygen atoms in total. The van der Waals surface area contributed by atoms with E-state index in [0.717, 1.165) is 33.7 Å². The molecule has 1 aliphatic rings. The average molecular weight is 457 g/mol. The molecule has 2 N–H and O–H groups in total. The first-order valence-electron chi connectivity index (χ1n) is 12.6. The molecule has 3 heteroatoms. The third-order valence-corrected chi connectivity index (χ3v) is 6.63. The van der Waals surface area contributed by atoms with Crippen LogP contribution in [0.25, 0.3) is 16.8 Å². The summed E-state index contributed by atoms with van der Waals surface area (Å²) in [5.41, 5.74) is 5.03. The molecule has 0 aliphatic carbocycles. The number of carbonyl (C=O) groups excluding carboxylic acids is 1. The normalized spacial score (nSPS) is 14.6. The summed E-state index contributed by atoms with van der Waals surface area (Å²) < 4.78 is 0. The van der Waals surface area contributed by atoms with E-state index in [2.05, 4.69) is 93.8 Å². The molecule has 1 saturated heterocycles. The topological polar surface area (TPSA) is 41.1 Å². The SMILES string of the molecule is CCC1CNC1.Cc1ccc(C)c(C(=O)NC(C)c2cccc3ccccc23)c1/C=C\C(C)C. The summed E-state index contributed by atoms with van der Waals surface area (Å²) in [4.78, 5) is 13.3. The van der Waals surface area contributed by atoms with Gasteiger partial charge in [-0.15, -0.1) is 0 Å². The minimum atomic E-state index is -0.0829. The highest BCUT2D eigenvalue weighted by molar-refractivity contribution is 6.00. The Morgan fingerprint density at radius 2 is 1.68 bits per heavy atom. The van der Waals surface area contributed by atoms with E-state index in [9.17, 15) is 4.79 Å². The fourth-order valence-corrected chi connectivity index (χ4v) is 4.25. The van der Waals surface area contributed by atoms with E-state index >= 15 is 0 Å². The van der Waals surface area contributed by atoms with Crippen LogP contribution in [-0.4, -0.2) is 19.0 Å². The van der Waals surface area contributed by atoms with E-state index in [1.54, 1.807) is 0 Å². The summed E-state index contributed by atoms with van der Waals surface area (Å²) in [7, 11) is 0. The molecule has 0 bridgehead atoms. The van der Waals surface area contributed by atoms with Crippen molar-refractivity contribution in [1.29, 1.82) is 0 Å². The van der Waals surface area contributed by atoms with E-state index in [1.807, 2.05) is 25.1 Å². The van der Waals surface area contributed by atoms with Crippen molar-refractivity contribution in [2.45, 2.75) is 54.0 Å². The number of hydrogen-bond acceptors (Lipinski definition) is 2. The minimum absolute atomic E-state index is 0.0231. The smallest absolute Gasteiger partial charge is 0.252 e. The van der Waals surface area contributed by atoms with Crippen LogP contribution in [0.15, 0.2) is 60.7 Å². The van der Waals surface area contributed by atoms with E-state index in [0.29, 0.717) is 5.92 Å². The van der Waals surface area contributed by atoms with Crippen molar-refractivity contribution in [1.82, 2.24) is 10.6 Å². The zero-order chi connectivity index (χ0) is 24.7. The molecule has 0 saturated carbocycles. The minimum Gasteiger partial charge on any atom is -0.345 e. The zero-order valence-electron chi connectivity index (χ0n) is 21.6. The van der Waals surface area contributed by atoms with Crippen molar-refractivity contribution < 1.29 is 4.79 Å². The Kier molecular flexibility index (Phi) is 9.06. The molecule has 0 aromatic heterocycles. The lowest BCUT2D eigenvalue weighted by Gasteiger charge is -2.25. The number of amides is 1. The quantitative estimate of drug-likeness (QED) is 0.411. The van der Waals surface area contributed by atoms with Crippen molar-refractivity contribution in [2.75, 3.05) is 13.1 Å². The third-order valence-electron chi connectivity index (χ3n) is 6.63. The Morgan fingerprint density at radius 3 is 2.29 bits per heavy atom. The molecule has 1 atom stereocenters. The number of aryl methyl sites for hydroxylation is 2. The van der Waals surface area contributed by atoms with Gasteiger partial charge in [0, 0.05) is 5.56 Å². The molecule has 3 aromatic rings. The number of hydrogen-bond donors (Lipinski definition) is 2. The predicted molar refractivity (Wildman–Crippen MR) is 146 cm³/mol. The van der Waals surface area contributed by atoms with Crippen LogP contribution in [0.4, 0.5) is 0 Å². The number of fused-ring (bicyclic) bond motifs is 1. The van der Waals surface area contributed by atoms with Gasteiger partial charge >= 0.3 is 0 Å². The molecule has 34 heavy (non-hydrogen) atoms. The largest absolute Gasteiger partial charge is 0.345 e. The number of carbonyl (C=O) groups is 1. The summed E-state index contributed by atoms with van der Waals surface area (Å²) >= 11 is 0. The number of benzene rings is 3. The van der Waals surface area contributed by atoms with Gasteiger partial charge in [-0.1, -0.05) is 93.9 Å². The summed E-state index contributed by atoms with van der Waals surface area (Å²) in [5.74, 6) is 1.42. The van der Waals surface area contributed by atoms with Crippen molar-refractivity contribution in [2.24, 2.45) is 11.8 Å². The average Bonchev–Trinajstić information content (AvgIpc) is 2.78. The van der Waals surface area contributed by atoms with Crippen LogP contribution < -0.4 is 10.6 Å². The summed E-state index contributed by atoms with van der Waals surface area (Å²) in [6.45, 7) is 15.2. The van der Waals surface area contributed by atoms with Gasteiger partial charge < -0.3 is 10.6 Å². The predicted octanol–water partition coefficient (Wildman–Crippen LogP) is 7.23. The maximum atomic E-state index is 13.3. The lowest BCUT2D eigenvalue weighted by Crippen LogP contribution is -2.41. The molecular formula is C31H40N2O. The van der Waals surface area contributed by atoms with Crippen LogP contribution in [0.5, 0.6) is 0 Å². The van der Waals surface area contributed by atoms with Crippen LogP contribution in [-0.2, 0) is 0 Å². The van der Waals surface area contributed by atoms with Gasteiger partial charge in [0.2, 0.25) is 0 Å². The van der Waals surface area contributed by atoms with Gasteiger partial charge in [0.25, 0.3) is 5.91 Å². The molecule has 180 valence electrons. The Balaban J connectivity index is 0.000000469. The molecule has 1 heterocycles. The second-order valence-electron chi connectivity index (χ2n) is 9.79. The Labute approximate surface area is 205 Å². The highest BCUT2D eigenvalue weighted by Crippen LogP contribution is 2.26. The second-order valence-corrected chi connectivity index (χ2v) is 9.79. The van der Waals surface area contributed by atoms with Crippen LogP contribution in [0.1, 0.15) is 72.8 Å². The van der Waals surface area contributed by atoms with Crippen molar-refractivity contribution in [3.63, 3.8) is 0 Å². The van der Waals surface area contributed by atoms with E-state index < -0.39 is 0 Å². The molecule has 4 rings (SSSR count). The lowest BCUT2D eigenvalue weighted by molar-refractivity contribution is 0.0939. The molecule has 0 spiro atoms.